The molecule has 0 amide bonds. The number of hydrogen-bond acceptors (Lipinski definition) is 3. The summed E-state index contributed by atoms with van der Waals surface area (Å²) >= 11 is 3.47. The van der Waals surface area contributed by atoms with Crippen LogP contribution in [0.1, 0.15) is 25.3 Å². The third kappa shape index (κ3) is 3.68. The van der Waals surface area contributed by atoms with Crippen molar-refractivity contribution < 1.29 is 0 Å². The molecule has 17 heavy (non-hydrogen) atoms. The van der Waals surface area contributed by atoms with E-state index in [1.807, 2.05) is 6.20 Å². The van der Waals surface area contributed by atoms with Crippen molar-refractivity contribution in [1.82, 2.24) is 9.88 Å². The standard InChI is InChI=1S/C13H20BrN3/c1-10-7-13(15-8-12(10)14)16-11(2)9-17-5-3-4-6-17/h7-8,11H,3-6,9H2,1-2H3,(H,15,16). The number of anilines is 1. The first-order valence-corrected chi connectivity index (χ1v) is 7.05. The molecule has 1 aliphatic rings. The zero-order chi connectivity index (χ0) is 12.3. The van der Waals surface area contributed by atoms with E-state index in [0.29, 0.717) is 6.04 Å². The van der Waals surface area contributed by atoms with Crippen LogP contribution in [0.25, 0.3) is 0 Å². The molecule has 0 spiro atoms. The second-order valence-electron chi connectivity index (χ2n) is 4.87. The minimum atomic E-state index is 0.446. The van der Waals surface area contributed by atoms with E-state index in [1.165, 1.54) is 31.5 Å². The summed E-state index contributed by atoms with van der Waals surface area (Å²) in [6, 6.07) is 2.53. The molecule has 1 atom stereocenters. The van der Waals surface area contributed by atoms with Gasteiger partial charge in [0.25, 0.3) is 0 Å². The van der Waals surface area contributed by atoms with Gasteiger partial charge in [-0.1, -0.05) is 0 Å². The van der Waals surface area contributed by atoms with Crippen LogP contribution < -0.4 is 5.32 Å². The number of aromatic nitrogens is 1. The van der Waals surface area contributed by atoms with E-state index < -0.39 is 0 Å². The van der Waals surface area contributed by atoms with Crippen molar-refractivity contribution in [3.63, 3.8) is 0 Å². The smallest absolute Gasteiger partial charge is 0.126 e. The molecule has 1 saturated heterocycles. The molecule has 1 aromatic heterocycles. The molecule has 0 saturated carbocycles. The summed E-state index contributed by atoms with van der Waals surface area (Å²) in [5, 5.41) is 3.46. The van der Waals surface area contributed by atoms with E-state index in [2.05, 4.69) is 51.0 Å². The van der Waals surface area contributed by atoms with Gasteiger partial charge in [0, 0.05) is 23.3 Å². The number of nitrogens with zero attached hydrogens (tertiary/aromatic N) is 2. The lowest BCUT2D eigenvalue weighted by Gasteiger charge is -2.21. The number of likely N-dealkylation sites (tertiary alicyclic amines) is 1. The molecule has 0 aromatic carbocycles. The van der Waals surface area contributed by atoms with Crippen molar-refractivity contribution in [2.24, 2.45) is 0 Å². The Morgan fingerprint density at radius 1 is 1.47 bits per heavy atom. The van der Waals surface area contributed by atoms with Gasteiger partial charge in [-0.2, -0.15) is 0 Å². The molecular formula is C13H20BrN3. The van der Waals surface area contributed by atoms with Crippen LogP contribution in [0.3, 0.4) is 0 Å². The van der Waals surface area contributed by atoms with Gasteiger partial charge in [-0.15, -0.1) is 0 Å². The largest absolute Gasteiger partial charge is 0.366 e. The zero-order valence-electron chi connectivity index (χ0n) is 10.5. The Balaban J connectivity index is 1.88. The van der Waals surface area contributed by atoms with Crippen molar-refractivity contribution in [2.75, 3.05) is 25.0 Å². The molecule has 3 nitrogen and oxygen atoms in total. The predicted molar refractivity (Wildman–Crippen MR) is 75.4 cm³/mol. The highest BCUT2D eigenvalue weighted by atomic mass is 79.9. The Morgan fingerprint density at radius 3 is 2.82 bits per heavy atom. The molecule has 2 rings (SSSR count). The van der Waals surface area contributed by atoms with Crippen LogP contribution >= 0.6 is 15.9 Å². The van der Waals surface area contributed by atoms with Gasteiger partial charge in [0.15, 0.2) is 0 Å². The van der Waals surface area contributed by atoms with E-state index >= 15 is 0 Å². The summed E-state index contributed by atoms with van der Waals surface area (Å²) in [5.41, 5.74) is 1.22. The topological polar surface area (TPSA) is 28.2 Å². The lowest BCUT2D eigenvalue weighted by molar-refractivity contribution is 0.327. The van der Waals surface area contributed by atoms with E-state index in [9.17, 15) is 0 Å². The van der Waals surface area contributed by atoms with E-state index in [1.54, 1.807) is 0 Å². The summed E-state index contributed by atoms with van der Waals surface area (Å²) in [4.78, 5) is 6.89. The van der Waals surface area contributed by atoms with Gasteiger partial charge >= 0.3 is 0 Å². The number of rotatable bonds is 4. The molecule has 0 radical (unpaired) electrons. The lowest BCUT2D eigenvalue weighted by atomic mass is 10.2. The van der Waals surface area contributed by atoms with Gasteiger partial charge in [-0.25, -0.2) is 4.98 Å². The third-order valence-electron chi connectivity index (χ3n) is 3.17. The van der Waals surface area contributed by atoms with E-state index in [-0.39, 0.29) is 0 Å². The minimum absolute atomic E-state index is 0.446. The van der Waals surface area contributed by atoms with Crippen molar-refractivity contribution in [3.8, 4) is 0 Å². The van der Waals surface area contributed by atoms with Gasteiger partial charge in [-0.05, 0) is 67.3 Å². The maximum Gasteiger partial charge on any atom is 0.126 e. The molecule has 1 unspecified atom stereocenters. The van der Waals surface area contributed by atoms with Crippen molar-refractivity contribution >= 4 is 21.7 Å². The van der Waals surface area contributed by atoms with E-state index in [0.717, 1.165) is 16.8 Å². The Morgan fingerprint density at radius 2 is 2.18 bits per heavy atom. The van der Waals surface area contributed by atoms with Gasteiger partial charge in [0.1, 0.15) is 5.82 Å². The number of hydrogen-bond donors (Lipinski definition) is 1. The average molecular weight is 298 g/mol. The third-order valence-corrected chi connectivity index (χ3v) is 4.00. The van der Waals surface area contributed by atoms with Crippen LogP contribution in [0.4, 0.5) is 5.82 Å². The molecule has 0 aliphatic carbocycles. The van der Waals surface area contributed by atoms with Crippen LogP contribution in [-0.4, -0.2) is 35.6 Å². The normalized spacial score (nSPS) is 18.3. The number of halogens is 1. The lowest BCUT2D eigenvalue weighted by Crippen LogP contribution is -2.33. The highest BCUT2D eigenvalue weighted by Crippen LogP contribution is 2.18. The first-order valence-electron chi connectivity index (χ1n) is 6.26. The molecular weight excluding hydrogens is 278 g/mol. The number of nitrogens with one attached hydrogen (secondary N) is 1. The van der Waals surface area contributed by atoms with Crippen LogP contribution in [0, 0.1) is 6.92 Å². The Hall–Kier alpha value is -0.610. The predicted octanol–water partition coefficient (Wildman–Crippen LogP) is 3.05. The number of aryl methyl sites for hydroxylation is 1. The first kappa shape index (κ1) is 12.8. The maximum atomic E-state index is 4.38. The summed E-state index contributed by atoms with van der Waals surface area (Å²) in [6.45, 7) is 7.91. The Bertz CT molecular complexity index is 375. The minimum Gasteiger partial charge on any atom is -0.366 e. The molecule has 1 aliphatic heterocycles. The van der Waals surface area contributed by atoms with Crippen LogP contribution in [-0.2, 0) is 0 Å². The summed E-state index contributed by atoms with van der Waals surface area (Å²) < 4.78 is 1.07. The van der Waals surface area contributed by atoms with Gasteiger partial charge in [-0.3, -0.25) is 0 Å². The first-order chi connectivity index (χ1) is 8.15. The van der Waals surface area contributed by atoms with Crippen molar-refractivity contribution in [2.45, 2.75) is 32.7 Å². The van der Waals surface area contributed by atoms with Gasteiger partial charge in [0.2, 0.25) is 0 Å². The monoisotopic (exact) mass is 297 g/mol. The fourth-order valence-electron chi connectivity index (χ4n) is 2.27. The molecule has 1 aromatic rings. The summed E-state index contributed by atoms with van der Waals surface area (Å²) in [5.74, 6) is 0.970. The second-order valence-corrected chi connectivity index (χ2v) is 5.73. The summed E-state index contributed by atoms with van der Waals surface area (Å²) in [6.07, 6.45) is 4.56. The average Bonchev–Trinajstić information content (AvgIpc) is 2.76. The highest BCUT2D eigenvalue weighted by Gasteiger charge is 2.14. The fourth-order valence-corrected chi connectivity index (χ4v) is 2.49. The van der Waals surface area contributed by atoms with E-state index in [4.69, 9.17) is 0 Å². The van der Waals surface area contributed by atoms with Gasteiger partial charge < -0.3 is 10.2 Å². The van der Waals surface area contributed by atoms with Crippen molar-refractivity contribution in [1.29, 1.82) is 0 Å². The second kappa shape index (κ2) is 5.83. The van der Waals surface area contributed by atoms with Crippen LogP contribution in [0.5, 0.6) is 0 Å². The molecule has 1 fully saturated rings. The van der Waals surface area contributed by atoms with Crippen LogP contribution in [0.2, 0.25) is 0 Å². The quantitative estimate of drug-likeness (QED) is 0.926. The highest BCUT2D eigenvalue weighted by molar-refractivity contribution is 9.10. The Labute approximate surface area is 112 Å². The number of pyridine rings is 1. The molecule has 0 bridgehead atoms. The fraction of sp³-hybridized carbons (Fsp3) is 0.615. The Kier molecular flexibility index (Phi) is 4.40. The van der Waals surface area contributed by atoms with Crippen LogP contribution in [0.15, 0.2) is 16.7 Å². The summed E-state index contributed by atoms with van der Waals surface area (Å²) in [7, 11) is 0. The molecule has 1 N–H and O–H groups in total. The molecule has 2 heterocycles. The zero-order valence-corrected chi connectivity index (χ0v) is 12.1. The maximum absolute atomic E-state index is 4.38. The van der Waals surface area contributed by atoms with Crippen molar-refractivity contribution in [3.05, 3.63) is 22.3 Å². The molecule has 94 valence electrons. The van der Waals surface area contributed by atoms with Gasteiger partial charge in [0.05, 0.1) is 0 Å². The SMILES string of the molecule is Cc1cc(NC(C)CN2CCCC2)ncc1Br. The molecule has 4 heteroatoms.